The quantitative estimate of drug-likeness (QED) is 0.804. The van der Waals surface area contributed by atoms with E-state index in [0.29, 0.717) is 5.41 Å². The van der Waals surface area contributed by atoms with E-state index in [1.807, 2.05) is 6.07 Å². The Labute approximate surface area is 128 Å². The second-order valence-electron chi connectivity index (χ2n) is 7.77. The zero-order valence-electron chi connectivity index (χ0n) is 13.3. The lowest BCUT2D eigenvalue weighted by atomic mass is 9.66. The number of nitrogens with two attached hydrogens (primary N) is 1. The lowest BCUT2D eigenvalue weighted by molar-refractivity contribution is 0.134. The molecule has 112 valence electrons. The fourth-order valence-corrected chi connectivity index (χ4v) is 3.71. The van der Waals surface area contributed by atoms with E-state index in [4.69, 9.17) is 17.3 Å². The normalized spacial score (nSPS) is 27.6. The molecule has 20 heavy (non-hydrogen) atoms. The molecule has 1 aromatic rings. The van der Waals surface area contributed by atoms with E-state index < -0.39 is 0 Å². The summed E-state index contributed by atoms with van der Waals surface area (Å²) in [7, 11) is 0. The summed E-state index contributed by atoms with van der Waals surface area (Å²) in [6.45, 7) is 9.11. The second-order valence-corrected chi connectivity index (χ2v) is 8.18. The molecule has 1 saturated carbocycles. The van der Waals surface area contributed by atoms with Crippen LogP contribution in [0.4, 0.5) is 0 Å². The van der Waals surface area contributed by atoms with Crippen LogP contribution in [0.15, 0.2) is 18.2 Å². The number of rotatable bonds is 2. The minimum absolute atomic E-state index is 0.0688. The minimum atomic E-state index is -0.0688. The van der Waals surface area contributed by atoms with Gasteiger partial charge in [0.1, 0.15) is 0 Å². The molecule has 0 aliphatic heterocycles. The van der Waals surface area contributed by atoms with E-state index in [9.17, 15) is 0 Å². The van der Waals surface area contributed by atoms with Crippen molar-refractivity contribution >= 4 is 11.6 Å². The first-order valence-corrected chi connectivity index (χ1v) is 8.11. The SMILES string of the molecule is Cc1ccc(CC2(N)CCC(C(C)(C)C)CC2)c(Cl)c1. The van der Waals surface area contributed by atoms with Crippen molar-refractivity contribution in [2.45, 2.75) is 65.3 Å². The molecule has 0 spiro atoms. The van der Waals surface area contributed by atoms with Gasteiger partial charge in [-0.05, 0) is 67.6 Å². The Bertz CT molecular complexity index is 465. The maximum Gasteiger partial charge on any atom is 0.0441 e. The van der Waals surface area contributed by atoms with Gasteiger partial charge in [0.2, 0.25) is 0 Å². The smallest absolute Gasteiger partial charge is 0.0441 e. The van der Waals surface area contributed by atoms with E-state index >= 15 is 0 Å². The Balaban J connectivity index is 2.03. The lowest BCUT2D eigenvalue weighted by Gasteiger charge is -2.42. The third kappa shape index (κ3) is 3.77. The van der Waals surface area contributed by atoms with Crippen molar-refractivity contribution in [3.63, 3.8) is 0 Å². The highest BCUT2D eigenvalue weighted by molar-refractivity contribution is 6.31. The van der Waals surface area contributed by atoms with Crippen LogP contribution >= 0.6 is 11.6 Å². The predicted molar refractivity (Wildman–Crippen MR) is 88.2 cm³/mol. The monoisotopic (exact) mass is 293 g/mol. The molecule has 0 radical (unpaired) electrons. The molecule has 0 heterocycles. The van der Waals surface area contributed by atoms with Crippen molar-refractivity contribution in [1.82, 2.24) is 0 Å². The van der Waals surface area contributed by atoms with Crippen molar-refractivity contribution in [3.05, 3.63) is 34.3 Å². The number of halogens is 1. The molecular formula is C18H28ClN. The fourth-order valence-electron chi connectivity index (χ4n) is 3.41. The van der Waals surface area contributed by atoms with Crippen LogP contribution in [0, 0.1) is 18.3 Å². The van der Waals surface area contributed by atoms with Crippen molar-refractivity contribution in [2.75, 3.05) is 0 Å². The summed E-state index contributed by atoms with van der Waals surface area (Å²) in [6.07, 6.45) is 5.61. The van der Waals surface area contributed by atoms with Crippen molar-refractivity contribution in [3.8, 4) is 0 Å². The first kappa shape index (κ1) is 15.9. The summed E-state index contributed by atoms with van der Waals surface area (Å²) in [4.78, 5) is 0. The second kappa shape index (κ2) is 5.69. The highest BCUT2D eigenvalue weighted by Gasteiger charge is 2.36. The molecule has 0 bridgehead atoms. The predicted octanol–water partition coefficient (Wildman–Crippen LogP) is 5.12. The third-order valence-corrected chi connectivity index (χ3v) is 5.31. The molecule has 1 aliphatic carbocycles. The third-order valence-electron chi connectivity index (χ3n) is 4.96. The van der Waals surface area contributed by atoms with Gasteiger partial charge >= 0.3 is 0 Å². The Kier molecular flexibility index (Phi) is 4.51. The average molecular weight is 294 g/mol. The van der Waals surface area contributed by atoms with Gasteiger partial charge < -0.3 is 5.73 Å². The van der Waals surface area contributed by atoms with E-state index in [2.05, 4.69) is 39.8 Å². The summed E-state index contributed by atoms with van der Waals surface area (Å²) in [6, 6.07) is 6.31. The number of hydrogen-bond donors (Lipinski definition) is 1. The molecule has 0 saturated heterocycles. The summed E-state index contributed by atoms with van der Waals surface area (Å²) >= 11 is 6.36. The highest BCUT2D eigenvalue weighted by atomic mass is 35.5. The maximum atomic E-state index is 6.64. The van der Waals surface area contributed by atoms with Crippen molar-refractivity contribution in [2.24, 2.45) is 17.1 Å². The van der Waals surface area contributed by atoms with Gasteiger partial charge in [0.05, 0.1) is 0 Å². The fraction of sp³-hybridized carbons (Fsp3) is 0.667. The zero-order valence-corrected chi connectivity index (χ0v) is 14.1. The maximum absolute atomic E-state index is 6.64. The van der Waals surface area contributed by atoms with E-state index in [-0.39, 0.29) is 5.54 Å². The van der Waals surface area contributed by atoms with Gasteiger partial charge in [-0.3, -0.25) is 0 Å². The van der Waals surface area contributed by atoms with Crippen LogP contribution in [0.2, 0.25) is 5.02 Å². The van der Waals surface area contributed by atoms with Crippen LogP contribution in [-0.2, 0) is 6.42 Å². The number of benzene rings is 1. The standard InChI is InChI=1S/C18H28ClN/c1-13-5-6-14(16(19)11-13)12-18(20)9-7-15(8-10-18)17(2,3)4/h5-6,11,15H,7-10,12,20H2,1-4H3. The number of aryl methyl sites for hydroxylation is 1. The van der Waals surface area contributed by atoms with Crippen LogP contribution in [0.3, 0.4) is 0 Å². The Morgan fingerprint density at radius 3 is 2.35 bits per heavy atom. The van der Waals surface area contributed by atoms with Crippen LogP contribution < -0.4 is 5.73 Å². The van der Waals surface area contributed by atoms with Crippen LogP contribution in [0.1, 0.15) is 57.6 Å². The van der Waals surface area contributed by atoms with Gasteiger partial charge in [-0.25, -0.2) is 0 Å². The largest absolute Gasteiger partial charge is 0.325 e. The summed E-state index contributed by atoms with van der Waals surface area (Å²) in [5, 5.41) is 0.868. The Hall–Kier alpha value is -0.530. The molecule has 2 heteroatoms. The molecule has 1 fully saturated rings. The van der Waals surface area contributed by atoms with Gasteiger partial charge in [-0.15, -0.1) is 0 Å². The highest BCUT2D eigenvalue weighted by Crippen LogP contribution is 2.42. The minimum Gasteiger partial charge on any atom is -0.325 e. The van der Waals surface area contributed by atoms with E-state index in [1.165, 1.54) is 24.0 Å². The molecule has 0 amide bonds. The Morgan fingerprint density at radius 2 is 1.85 bits per heavy atom. The van der Waals surface area contributed by atoms with Crippen LogP contribution in [0.25, 0.3) is 0 Å². The number of hydrogen-bond acceptors (Lipinski definition) is 1. The zero-order chi connectivity index (χ0) is 15.0. The Morgan fingerprint density at radius 1 is 1.25 bits per heavy atom. The molecule has 0 unspecified atom stereocenters. The summed E-state index contributed by atoms with van der Waals surface area (Å²) in [5.41, 5.74) is 9.39. The first-order chi connectivity index (χ1) is 9.20. The van der Waals surface area contributed by atoms with Crippen molar-refractivity contribution in [1.29, 1.82) is 0 Å². The van der Waals surface area contributed by atoms with Gasteiger partial charge in [-0.2, -0.15) is 0 Å². The van der Waals surface area contributed by atoms with Crippen molar-refractivity contribution < 1.29 is 0 Å². The molecule has 1 aliphatic rings. The molecule has 2 rings (SSSR count). The molecule has 2 N–H and O–H groups in total. The van der Waals surface area contributed by atoms with Gasteiger partial charge in [0.25, 0.3) is 0 Å². The van der Waals surface area contributed by atoms with Gasteiger partial charge in [0, 0.05) is 10.6 Å². The molecular weight excluding hydrogens is 266 g/mol. The topological polar surface area (TPSA) is 26.0 Å². The summed E-state index contributed by atoms with van der Waals surface area (Å²) < 4.78 is 0. The average Bonchev–Trinajstić information content (AvgIpc) is 2.32. The first-order valence-electron chi connectivity index (χ1n) is 7.74. The van der Waals surface area contributed by atoms with Crippen LogP contribution in [0.5, 0.6) is 0 Å². The molecule has 0 aromatic heterocycles. The van der Waals surface area contributed by atoms with Gasteiger partial charge in [-0.1, -0.05) is 44.5 Å². The molecule has 1 aromatic carbocycles. The van der Waals surface area contributed by atoms with Crippen LogP contribution in [-0.4, -0.2) is 5.54 Å². The summed E-state index contributed by atoms with van der Waals surface area (Å²) in [5.74, 6) is 0.799. The van der Waals surface area contributed by atoms with E-state index in [0.717, 1.165) is 30.2 Å². The molecule has 0 atom stereocenters. The molecule has 1 nitrogen and oxygen atoms in total. The van der Waals surface area contributed by atoms with E-state index in [1.54, 1.807) is 0 Å². The van der Waals surface area contributed by atoms with Gasteiger partial charge in [0.15, 0.2) is 0 Å². The lowest BCUT2D eigenvalue weighted by Crippen LogP contribution is -2.46.